The summed E-state index contributed by atoms with van der Waals surface area (Å²) in [6, 6.07) is -0.0617. The lowest BCUT2D eigenvalue weighted by Gasteiger charge is -2.26. The van der Waals surface area contributed by atoms with E-state index in [-0.39, 0.29) is 17.9 Å². The van der Waals surface area contributed by atoms with Gasteiger partial charge in [0.15, 0.2) is 0 Å². The number of rotatable bonds is 4. The highest BCUT2D eigenvalue weighted by Crippen LogP contribution is 2.43. The van der Waals surface area contributed by atoms with Crippen LogP contribution in [0.5, 0.6) is 0 Å². The number of nitrogens with one attached hydrogen (secondary N) is 2. The van der Waals surface area contributed by atoms with Gasteiger partial charge in [0.1, 0.15) is 0 Å². The molecule has 0 fully saturated rings. The highest BCUT2D eigenvalue weighted by Gasteiger charge is 2.38. The maximum absolute atomic E-state index is 12.8. The summed E-state index contributed by atoms with van der Waals surface area (Å²) in [5.41, 5.74) is 4.66. The molecule has 0 spiro atoms. The molecule has 2 aliphatic carbocycles. The van der Waals surface area contributed by atoms with E-state index in [0.717, 1.165) is 39.7 Å². The number of nitrogens with zero attached hydrogens (tertiary/aromatic N) is 2. The van der Waals surface area contributed by atoms with Crippen molar-refractivity contribution in [3.05, 3.63) is 69.6 Å². The number of likely N-dealkylation sites (N-methyl/N-ethyl adjacent to an activating group) is 1. The predicted molar refractivity (Wildman–Crippen MR) is 105 cm³/mol. The molecule has 134 valence electrons. The summed E-state index contributed by atoms with van der Waals surface area (Å²) < 4.78 is 0. The maximum Gasteiger partial charge on any atom is 0.248 e. The van der Waals surface area contributed by atoms with E-state index < -0.39 is 0 Å². The van der Waals surface area contributed by atoms with Crippen molar-refractivity contribution in [2.45, 2.75) is 6.04 Å². The number of fused-ring (bicyclic) bond motifs is 3. The van der Waals surface area contributed by atoms with Gasteiger partial charge in [0, 0.05) is 35.5 Å². The fourth-order valence-electron chi connectivity index (χ4n) is 3.58. The van der Waals surface area contributed by atoms with Gasteiger partial charge in [0.05, 0.1) is 23.4 Å². The molecule has 4 aliphatic rings. The first-order valence-corrected chi connectivity index (χ1v) is 9.08. The summed E-state index contributed by atoms with van der Waals surface area (Å²) in [5, 5.41) is 7.25. The van der Waals surface area contributed by atoms with Crippen molar-refractivity contribution in [1.29, 1.82) is 0 Å². The molecule has 5 nitrogen and oxygen atoms in total. The SMILES string of the molecule is CN(C)CCNC(=O)C1=CC2=C3C=CC=C(Cl)C3NC2=C2N=CC=CC12. The monoisotopic (exact) mass is 368 g/mol. The Labute approximate surface area is 158 Å². The van der Waals surface area contributed by atoms with Gasteiger partial charge >= 0.3 is 0 Å². The number of carbonyl (C=O) groups excluding carboxylic acids is 1. The minimum Gasteiger partial charge on any atom is -0.371 e. The zero-order valence-corrected chi connectivity index (χ0v) is 15.5. The van der Waals surface area contributed by atoms with Crippen LogP contribution in [0.3, 0.4) is 0 Å². The minimum absolute atomic E-state index is 0.0480. The van der Waals surface area contributed by atoms with Crippen molar-refractivity contribution in [3.8, 4) is 0 Å². The number of carbonyl (C=O) groups is 1. The molecule has 0 aromatic carbocycles. The van der Waals surface area contributed by atoms with Crippen LogP contribution >= 0.6 is 11.6 Å². The first-order chi connectivity index (χ1) is 12.6. The lowest BCUT2D eigenvalue weighted by molar-refractivity contribution is -0.117. The summed E-state index contributed by atoms with van der Waals surface area (Å²) in [6.45, 7) is 1.41. The molecule has 0 bridgehead atoms. The van der Waals surface area contributed by atoms with Crippen LogP contribution in [0.15, 0.2) is 74.6 Å². The lowest BCUT2D eigenvalue weighted by Crippen LogP contribution is -2.35. The predicted octanol–water partition coefficient (Wildman–Crippen LogP) is 2.03. The zero-order chi connectivity index (χ0) is 18.3. The van der Waals surface area contributed by atoms with E-state index in [0.29, 0.717) is 6.54 Å². The molecule has 0 aromatic heterocycles. The van der Waals surface area contributed by atoms with Crippen LogP contribution in [0.4, 0.5) is 0 Å². The quantitative estimate of drug-likeness (QED) is 0.798. The third kappa shape index (κ3) is 2.87. The van der Waals surface area contributed by atoms with Crippen LogP contribution in [0.2, 0.25) is 0 Å². The molecule has 0 saturated carbocycles. The lowest BCUT2D eigenvalue weighted by atomic mass is 9.83. The van der Waals surface area contributed by atoms with Gasteiger partial charge in [0.25, 0.3) is 0 Å². The Morgan fingerprint density at radius 2 is 2.23 bits per heavy atom. The van der Waals surface area contributed by atoms with Gasteiger partial charge < -0.3 is 15.5 Å². The first-order valence-electron chi connectivity index (χ1n) is 8.70. The van der Waals surface area contributed by atoms with Crippen molar-refractivity contribution in [2.75, 3.05) is 27.2 Å². The number of allylic oxidation sites excluding steroid dienone is 5. The van der Waals surface area contributed by atoms with Crippen molar-refractivity contribution in [1.82, 2.24) is 15.5 Å². The number of hydrogen-bond donors (Lipinski definition) is 2. The summed E-state index contributed by atoms with van der Waals surface area (Å²) in [7, 11) is 3.97. The molecule has 1 amide bonds. The number of amides is 1. The van der Waals surface area contributed by atoms with Crippen molar-refractivity contribution < 1.29 is 4.79 Å². The Kier molecular flexibility index (Phi) is 4.42. The fraction of sp³-hybridized carbons (Fsp3) is 0.300. The topological polar surface area (TPSA) is 56.7 Å². The van der Waals surface area contributed by atoms with Crippen molar-refractivity contribution in [3.63, 3.8) is 0 Å². The van der Waals surface area contributed by atoms with Gasteiger partial charge in [0.2, 0.25) is 5.91 Å². The van der Waals surface area contributed by atoms with Crippen molar-refractivity contribution in [2.24, 2.45) is 10.9 Å². The Morgan fingerprint density at radius 3 is 3.04 bits per heavy atom. The van der Waals surface area contributed by atoms with E-state index in [1.807, 2.05) is 55.5 Å². The highest BCUT2D eigenvalue weighted by molar-refractivity contribution is 6.31. The summed E-state index contributed by atoms with van der Waals surface area (Å²) in [6.07, 6.45) is 13.6. The molecule has 0 aromatic rings. The second-order valence-electron chi connectivity index (χ2n) is 6.92. The van der Waals surface area contributed by atoms with E-state index in [9.17, 15) is 4.79 Å². The number of hydrogen-bond acceptors (Lipinski definition) is 4. The third-order valence-corrected chi connectivity index (χ3v) is 5.23. The smallest absolute Gasteiger partial charge is 0.248 e. The summed E-state index contributed by atoms with van der Waals surface area (Å²) in [4.78, 5) is 19.5. The first kappa shape index (κ1) is 17.1. The van der Waals surface area contributed by atoms with Gasteiger partial charge in [-0.15, -0.1) is 0 Å². The van der Waals surface area contributed by atoms with E-state index in [4.69, 9.17) is 11.6 Å². The highest BCUT2D eigenvalue weighted by atomic mass is 35.5. The third-order valence-electron chi connectivity index (χ3n) is 4.88. The molecule has 26 heavy (non-hydrogen) atoms. The molecular formula is C20H21ClN4O. The zero-order valence-electron chi connectivity index (χ0n) is 14.8. The molecule has 6 heteroatoms. The van der Waals surface area contributed by atoms with Gasteiger partial charge in [-0.3, -0.25) is 9.79 Å². The van der Waals surface area contributed by atoms with E-state index in [1.54, 1.807) is 6.21 Å². The van der Waals surface area contributed by atoms with Gasteiger partial charge in [-0.05, 0) is 37.9 Å². The summed E-state index contributed by atoms with van der Waals surface area (Å²) >= 11 is 6.39. The normalized spacial score (nSPS) is 25.5. The molecule has 4 rings (SSSR count). The standard InChI is InChI=1S/C20H21ClN4O/c1-25(2)10-9-23-20(26)15-11-14-12-5-3-7-16(21)17(12)24-19(14)18-13(15)6-4-8-22-18/h3-8,11,13,17,24H,9-10H2,1-2H3,(H,23,26). The Hall–Kier alpha value is -2.37. The second-order valence-corrected chi connectivity index (χ2v) is 7.35. The number of aliphatic imine (C=N–C) groups is 1. The minimum atomic E-state index is -0.141. The molecule has 2 aliphatic heterocycles. The summed E-state index contributed by atoms with van der Waals surface area (Å²) in [5.74, 6) is -0.189. The molecule has 0 radical (unpaired) electrons. The molecule has 2 unspecified atom stereocenters. The van der Waals surface area contributed by atoms with Crippen LogP contribution in [0.1, 0.15) is 0 Å². The van der Waals surface area contributed by atoms with E-state index in [2.05, 4.69) is 15.6 Å². The largest absolute Gasteiger partial charge is 0.371 e. The van der Waals surface area contributed by atoms with Crippen LogP contribution in [0.25, 0.3) is 0 Å². The molecule has 2 atom stereocenters. The van der Waals surface area contributed by atoms with Gasteiger partial charge in [-0.25, -0.2) is 0 Å². The van der Waals surface area contributed by atoms with Crippen molar-refractivity contribution >= 4 is 23.7 Å². The average Bonchev–Trinajstić information content (AvgIpc) is 3.01. The van der Waals surface area contributed by atoms with E-state index >= 15 is 0 Å². The average molecular weight is 369 g/mol. The molecular weight excluding hydrogens is 348 g/mol. The molecule has 2 N–H and O–H groups in total. The van der Waals surface area contributed by atoms with Gasteiger partial charge in [-0.1, -0.05) is 29.8 Å². The fourth-order valence-corrected chi connectivity index (χ4v) is 3.83. The van der Waals surface area contributed by atoms with Crippen LogP contribution in [0, 0.1) is 5.92 Å². The Morgan fingerprint density at radius 1 is 1.38 bits per heavy atom. The molecule has 0 saturated heterocycles. The Balaban J connectivity index is 1.71. The Bertz CT molecular complexity index is 870. The second kappa shape index (κ2) is 6.74. The van der Waals surface area contributed by atoms with Gasteiger partial charge in [-0.2, -0.15) is 0 Å². The van der Waals surface area contributed by atoms with Crippen LogP contribution in [-0.4, -0.2) is 50.2 Å². The molecule has 2 heterocycles. The van der Waals surface area contributed by atoms with E-state index in [1.165, 1.54) is 0 Å². The number of halogens is 1. The van der Waals surface area contributed by atoms with Crippen LogP contribution < -0.4 is 10.6 Å². The maximum atomic E-state index is 12.8. The number of dihydropyridines is 1. The van der Waals surface area contributed by atoms with Crippen LogP contribution in [-0.2, 0) is 4.79 Å².